The van der Waals surface area contributed by atoms with Gasteiger partial charge >= 0.3 is 6.09 Å². The van der Waals surface area contributed by atoms with E-state index in [0.29, 0.717) is 45.2 Å². The number of aliphatic imine (C=N–C) groups is 1. The zero-order valence-electron chi connectivity index (χ0n) is 18.5. The fourth-order valence-corrected chi connectivity index (χ4v) is 2.41. The summed E-state index contributed by atoms with van der Waals surface area (Å²) in [7, 11) is 1.84. The predicted molar refractivity (Wildman–Crippen MR) is 110 cm³/mol. The molecule has 1 N–H and O–H groups in total. The van der Waals surface area contributed by atoms with E-state index < -0.39 is 5.60 Å². The van der Waals surface area contributed by atoms with Gasteiger partial charge in [-0.25, -0.2) is 4.79 Å². The largest absolute Gasteiger partial charge is 0.444 e. The third kappa shape index (κ3) is 10.1. The van der Waals surface area contributed by atoms with Crippen LogP contribution in [0.5, 0.6) is 0 Å². The molecule has 158 valence electrons. The van der Waals surface area contributed by atoms with Crippen molar-refractivity contribution in [2.45, 2.75) is 54.1 Å². The van der Waals surface area contributed by atoms with Crippen LogP contribution in [0.15, 0.2) is 4.99 Å². The van der Waals surface area contributed by atoms with Gasteiger partial charge in [-0.15, -0.1) is 0 Å². The van der Waals surface area contributed by atoms with Crippen LogP contribution in [0.4, 0.5) is 4.79 Å². The molecule has 27 heavy (non-hydrogen) atoms. The molecule has 8 heteroatoms. The molecular weight excluding hydrogens is 346 g/mol. The number of carbonyl (C=O) groups excluding carboxylic acids is 2. The minimum Gasteiger partial charge on any atom is -0.444 e. The van der Waals surface area contributed by atoms with Gasteiger partial charge in [-0.05, 0) is 48.5 Å². The third-order valence-corrected chi connectivity index (χ3v) is 3.85. The lowest BCUT2D eigenvalue weighted by molar-refractivity contribution is -0.131. The average molecular weight is 386 g/mol. The first-order valence-electron chi connectivity index (χ1n) is 9.84. The number of guanidine groups is 1. The van der Waals surface area contributed by atoms with Crippen molar-refractivity contribution >= 4 is 18.0 Å². The van der Waals surface area contributed by atoms with Gasteiger partial charge in [-0.3, -0.25) is 9.79 Å². The zero-order valence-corrected chi connectivity index (χ0v) is 18.5. The Morgan fingerprint density at radius 3 is 2.00 bits per heavy atom. The van der Waals surface area contributed by atoms with Crippen molar-refractivity contribution < 1.29 is 14.3 Å². The van der Waals surface area contributed by atoms with E-state index in [9.17, 15) is 9.59 Å². The smallest absolute Gasteiger partial charge is 0.410 e. The molecule has 8 nitrogen and oxygen atoms in total. The molecule has 0 fully saturated rings. The predicted octanol–water partition coefficient (Wildman–Crippen LogP) is 2.01. The summed E-state index contributed by atoms with van der Waals surface area (Å²) in [6, 6.07) is 0. The van der Waals surface area contributed by atoms with Crippen LogP contribution >= 0.6 is 0 Å². The standard InChI is InChI=1S/C19H39N5O3/c1-9-20-17(22(8)15-16(25)23(10-2)11-3)21-13-14-24(12-4)18(26)27-19(5,6)7/h9-15H2,1-8H3,(H,20,21). The highest BCUT2D eigenvalue weighted by Crippen LogP contribution is 2.09. The van der Waals surface area contributed by atoms with Crippen molar-refractivity contribution in [3.63, 3.8) is 0 Å². The van der Waals surface area contributed by atoms with Crippen LogP contribution in [0, 0.1) is 0 Å². The van der Waals surface area contributed by atoms with Gasteiger partial charge in [0.05, 0.1) is 13.1 Å². The van der Waals surface area contributed by atoms with E-state index in [-0.39, 0.29) is 18.5 Å². The van der Waals surface area contributed by atoms with E-state index in [0.717, 1.165) is 0 Å². The maximum atomic E-state index is 12.3. The molecule has 0 bridgehead atoms. The lowest BCUT2D eigenvalue weighted by atomic mass is 10.2. The number of nitrogens with zero attached hydrogens (tertiary/aromatic N) is 4. The van der Waals surface area contributed by atoms with Crippen LogP contribution in [0.3, 0.4) is 0 Å². The van der Waals surface area contributed by atoms with Crippen molar-refractivity contribution in [2.24, 2.45) is 4.99 Å². The van der Waals surface area contributed by atoms with E-state index in [1.165, 1.54) is 0 Å². The summed E-state index contributed by atoms with van der Waals surface area (Å²) in [6.07, 6.45) is -0.338. The van der Waals surface area contributed by atoms with Crippen molar-refractivity contribution in [1.82, 2.24) is 20.0 Å². The molecule has 0 aromatic rings. The highest BCUT2D eigenvalue weighted by molar-refractivity contribution is 5.86. The second-order valence-corrected chi connectivity index (χ2v) is 7.22. The molecule has 0 aliphatic carbocycles. The number of hydrogen-bond donors (Lipinski definition) is 1. The van der Waals surface area contributed by atoms with Gasteiger partial charge in [0.2, 0.25) is 5.91 Å². The molecular formula is C19H39N5O3. The van der Waals surface area contributed by atoms with Crippen LogP contribution in [0.25, 0.3) is 0 Å². The summed E-state index contributed by atoms with van der Waals surface area (Å²) in [5, 5.41) is 3.19. The molecule has 0 spiro atoms. The molecule has 0 heterocycles. The summed E-state index contributed by atoms with van der Waals surface area (Å²) in [5.74, 6) is 0.718. The highest BCUT2D eigenvalue weighted by atomic mass is 16.6. The highest BCUT2D eigenvalue weighted by Gasteiger charge is 2.21. The van der Waals surface area contributed by atoms with E-state index in [2.05, 4.69) is 10.3 Å². The maximum Gasteiger partial charge on any atom is 0.410 e. The Balaban J connectivity index is 4.87. The Bertz CT molecular complexity index is 484. The topological polar surface area (TPSA) is 77.5 Å². The Morgan fingerprint density at radius 2 is 1.56 bits per heavy atom. The first-order chi connectivity index (χ1) is 12.6. The molecule has 2 amide bonds. The normalized spacial score (nSPS) is 11.8. The lowest BCUT2D eigenvalue weighted by Gasteiger charge is -2.27. The first-order valence-corrected chi connectivity index (χ1v) is 9.84. The Hall–Kier alpha value is -1.99. The Labute approximate surface area is 164 Å². The molecule has 0 aliphatic rings. The summed E-state index contributed by atoms with van der Waals surface area (Å²) < 4.78 is 5.41. The maximum absolute atomic E-state index is 12.3. The van der Waals surface area contributed by atoms with Gasteiger partial charge in [-0.2, -0.15) is 0 Å². The summed E-state index contributed by atoms with van der Waals surface area (Å²) >= 11 is 0. The second-order valence-electron chi connectivity index (χ2n) is 7.22. The SMILES string of the molecule is CCNC(=NCCN(CC)C(=O)OC(C)(C)C)N(C)CC(=O)N(CC)CC. The molecule has 0 aromatic carbocycles. The van der Waals surface area contributed by atoms with E-state index >= 15 is 0 Å². The van der Waals surface area contributed by atoms with Crippen molar-refractivity contribution in [3.8, 4) is 0 Å². The Kier molecular flexibility index (Phi) is 11.5. The van der Waals surface area contributed by atoms with Crippen LogP contribution in [-0.2, 0) is 9.53 Å². The number of amides is 2. The number of nitrogens with one attached hydrogen (secondary N) is 1. The molecule has 0 atom stereocenters. The van der Waals surface area contributed by atoms with E-state index in [1.807, 2.05) is 60.4 Å². The number of rotatable bonds is 9. The number of ether oxygens (including phenoxy) is 1. The monoisotopic (exact) mass is 385 g/mol. The molecule has 0 rings (SSSR count). The summed E-state index contributed by atoms with van der Waals surface area (Å²) in [6.45, 7) is 17.2. The van der Waals surface area contributed by atoms with E-state index in [4.69, 9.17) is 4.74 Å². The van der Waals surface area contributed by atoms with Crippen LogP contribution in [0.1, 0.15) is 48.5 Å². The molecule has 0 aromatic heterocycles. The minimum absolute atomic E-state index is 0.0667. The number of hydrogen-bond acceptors (Lipinski definition) is 4. The van der Waals surface area contributed by atoms with E-state index in [1.54, 1.807) is 9.80 Å². The second kappa shape index (κ2) is 12.4. The quantitative estimate of drug-likeness (QED) is 0.485. The molecule has 0 saturated carbocycles. The Morgan fingerprint density at radius 1 is 1.00 bits per heavy atom. The van der Waals surface area contributed by atoms with Gasteiger partial charge < -0.3 is 24.8 Å². The third-order valence-electron chi connectivity index (χ3n) is 3.85. The fraction of sp³-hybridized carbons (Fsp3) is 0.842. The van der Waals surface area contributed by atoms with Crippen molar-refractivity contribution in [2.75, 3.05) is 52.9 Å². The average Bonchev–Trinajstić information content (AvgIpc) is 2.57. The summed E-state index contributed by atoms with van der Waals surface area (Å²) in [5.41, 5.74) is -0.520. The molecule has 0 saturated heterocycles. The van der Waals surface area contributed by atoms with Crippen molar-refractivity contribution in [3.05, 3.63) is 0 Å². The van der Waals surface area contributed by atoms with Crippen LogP contribution in [0.2, 0.25) is 0 Å². The zero-order chi connectivity index (χ0) is 21.0. The molecule has 0 aliphatic heterocycles. The van der Waals surface area contributed by atoms with Gasteiger partial charge in [0.25, 0.3) is 0 Å². The molecule has 0 radical (unpaired) electrons. The van der Waals surface area contributed by atoms with Gasteiger partial charge in [-0.1, -0.05) is 0 Å². The van der Waals surface area contributed by atoms with Crippen molar-refractivity contribution in [1.29, 1.82) is 0 Å². The minimum atomic E-state index is -0.520. The van der Waals surface area contributed by atoms with Gasteiger partial charge in [0.1, 0.15) is 5.60 Å². The lowest BCUT2D eigenvalue weighted by Crippen LogP contribution is -2.46. The summed E-state index contributed by atoms with van der Waals surface area (Å²) in [4.78, 5) is 34.3. The van der Waals surface area contributed by atoms with Gasteiger partial charge in [0.15, 0.2) is 5.96 Å². The first kappa shape index (κ1) is 25.0. The van der Waals surface area contributed by atoms with Crippen LogP contribution < -0.4 is 5.32 Å². The van der Waals surface area contributed by atoms with Gasteiger partial charge in [0, 0.05) is 39.8 Å². The fourth-order valence-electron chi connectivity index (χ4n) is 2.41. The number of carbonyl (C=O) groups is 2. The molecule has 0 unspecified atom stereocenters. The number of likely N-dealkylation sites (N-methyl/N-ethyl adjacent to an activating group) is 3. The van der Waals surface area contributed by atoms with Crippen LogP contribution in [-0.4, -0.2) is 91.1 Å².